The largest absolute Gasteiger partial charge is 0.438 e. The number of furan rings is 1. The lowest BCUT2D eigenvalue weighted by Crippen LogP contribution is -2.39. The van der Waals surface area contributed by atoms with Crippen LogP contribution in [0.1, 0.15) is 23.9 Å². The molecule has 1 aromatic rings. The lowest BCUT2D eigenvalue weighted by molar-refractivity contribution is 0.0611. The van der Waals surface area contributed by atoms with Crippen LogP contribution in [0.25, 0.3) is 0 Å². The Morgan fingerprint density at radius 3 is 2.71 bits per heavy atom. The number of aliphatic hydroxyl groups is 1. The van der Waals surface area contributed by atoms with Crippen molar-refractivity contribution in [2.24, 2.45) is 5.92 Å². The first-order chi connectivity index (χ1) is 9.78. The Balaban J connectivity index is 2.24. The van der Waals surface area contributed by atoms with Gasteiger partial charge in [-0.25, -0.2) is 12.7 Å². The zero-order chi connectivity index (χ0) is 15.8. The highest BCUT2D eigenvalue weighted by Crippen LogP contribution is 2.26. The van der Waals surface area contributed by atoms with Gasteiger partial charge < -0.3 is 14.4 Å². The second kappa shape index (κ2) is 5.78. The number of amides is 1. The molecule has 1 aliphatic rings. The number of nitrogens with zero attached hydrogens (tertiary/aromatic N) is 2. The molecule has 0 spiro atoms. The lowest BCUT2D eigenvalue weighted by atomic mass is 10.0. The summed E-state index contributed by atoms with van der Waals surface area (Å²) in [5.74, 6) is -0.208. The molecule has 1 saturated heterocycles. The van der Waals surface area contributed by atoms with Gasteiger partial charge in [0.2, 0.25) is 5.09 Å². The summed E-state index contributed by atoms with van der Waals surface area (Å²) in [6, 6.07) is 2.38. The summed E-state index contributed by atoms with van der Waals surface area (Å²) in [7, 11) is -0.912. The minimum absolute atomic E-state index is 0.0250. The summed E-state index contributed by atoms with van der Waals surface area (Å²) < 4.78 is 30.1. The summed E-state index contributed by atoms with van der Waals surface area (Å²) in [6.07, 6.45) is 0.806. The number of hydrogen-bond donors (Lipinski definition) is 1. The van der Waals surface area contributed by atoms with Crippen LogP contribution in [0.5, 0.6) is 0 Å². The van der Waals surface area contributed by atoms with Gasteiger partial charge in [0.25, 0.3) is 15.9 Å². The van der Waals surface area contributed by atoms with Gasteiger partial charge in [0.05, 0.1) is 12.6 Å². The molecule has 0 bridgehead atoms. The molecule has 21 heavy (non-hydrogen) atoms. The summed E-state index contributed by atoms with van der Waals surface area (Å²) in [4.78, 5) is 13.9. The van der Waals surface area contributed by atoms with Crippen LogP contribution < -0.4 is 0 Å². The summed E-state index contributed by atoms with van der Waals surface area (Å²) in [6.45, 7) is 2.39. The first-order valence-electron chi connectivity index (χ1n) is 6.73. The predicted octanol–water partition coefficient (Wildman–Crippen LogP) is 0.373. The van der Waals surface area contributed by atoms with E-state index in [4.69, 9.17) is 4.42 Å². The third-order valence-corrected chi connectivity index (χ3v) is 5.55. The van der Waals surface area contributed by atoms with Gasteiger partial charge >= 0.3 is 0 Å². The van der Waals surface area contributed by atoms with E-state index in [0.717, 1.165) is 10.7 Å². The summed E-state index contributed by atoms with van der Waals surface area (Å²) >= 11 is 0. The van der Waals surface area contributed by atoms with E-state index in [2.05, 4.69) is 0 Å². The lowest BCUT2D eigenvalue weighted by Gasteiger charge is -2.24. The van der Waals surface area contributed by atoms with Crippen LogP contribution in [0.3, 0.4) is 0 Å². The van der Waals surface area contributed by atoms with E-state index in [-0.39, 0.29) is 29.4 Å². The molecule has 0 aliphatic carbocycles. The van der Waals surface area contributed by atoms with Gasteiger partial charge in [-0.1, -0.05) is 6.92 Å². The van der Waals surface area contributed by atoms with Crippen molar-refractivity contribution in [1.82, 2.24) is 9.21 Å². The molecule has 1 amide bonds. The fourth-order valence-corrected chi connectivity index (χ4v) is 3.23. The highest BCUT2D eigenvalue weighted by atomic mass is 32.2. The van der Waals surface area contributed by atoms with Crippen molar-refractivity contribution < 1.29 is 22.7 Å². The van der Waals surface area contributed by atoms with E-state index in [1.54, 1.807) is 0 Å². The topological polar surface area (TPSA) is 91.1 Å². The molecule has 8 heteroatoms. The van der Waals surface area contributed by atoms with Crippen LogP contribution in [0, 0.1) is 5.92 Å². The molecular weight excluding hydrogens is 296 g/mol. The number of carbonyl (C=O) groups is 1. The van der Waals surface area contributed by atoms with Crippen molar-refractivity contribution >= 4 is 15.9 Å². The van der Waals surface area contributed by atoms with Crippen LogP contribution in [0.4, 0.5) is 0 Å². The van der Waals surface area contributed by atoms with Gasteiger partial charge in [-0.2, -0.15) is 0 Å². The van der Waals surface area contributed by atoms with Gasteiger partial charge in [-0.3, -0.25) is 4.79 Å². The molecule has 7 nitrogen and oxygen atoms in total. The number of aliphatic hydroxyl groups excluding tert-OH is 1. The van der Waals surface area contributed by atoms with Crippen molar-refractivity contribution in [3.05, 3.63) is 17.9 Å². The van der Waals surface area contributed by atoms with E-state index in [1.807, 2.05) is 6.92 Å². The smallest absolute Gasteiger partial charge is 0.289 e. The standard InChI is InChI=1S/C13H20N2O5S/c1-9-6-7-15(10(9)8-16)13(17)11-4-5-12(20-11)21(18,19)14(2)3/h4-5,9-10,16H,6-8H2,1-3H3. The van der Waals surface area contributed by atoms with Crippen LogP contribution in [0.15, 0.2) is 21.6 Å². The zero-order valence-electron chi connectivity index (χ0n) is 12.3. The average molecular weight is 316 g/mol. The molecular formula is C13H20N2O5S. The van der Waals surface area contributed by atoms with Gasteiger partial charge in [0.15, 0.2) is 5.76 Å². The number of likely N-dealkylation sites (tertiary alicyclic amines) is 1. The Kier molecular flexibility index (Phi) is 4.40. The van der Waals surface area contributed by atoms with E-state index in [1.165, 1.54) is 31.1 Å². The molecule has 1 N–H and O–H groups in total. The van der Waals surface area contributed by atoms with Crippen molar-refractivity contribution in [1.29, 1.82) is 0 Å². The first kappa shape index (κ1) is 16.0. The van der Waals surface area contributed by atoms with Crippen molar-refractivity contribution in [2.75, 3.05) is 27.2 Å². The third kappa shape index (κ3) is 2.83. The molecule has 2 atom stereocenters. The van der Waals surface area contributed by atoms with Gasteiger partial charge in [-0.05, 0) is 24.5 Å². The minimum Gasteiger partial charge on any atom is -0.438 e. The summed E-state index contributed by atoms with van der Waals surface area (Å²) in [5.41, 5.74) is 0. The van der Waals surface area contributed by atoms with E-state index < -0.39 is 15.9 Å². The van der Waals surface area contributed by atoms with Crippen LogP contribution in [-0.4, -0.2) is 61.9 Å². The Labute approximate surface area is 124 Å². The second-order valence-electron chi connectivity index (χ2n) is 5.42. The predicted molar refractivity (Wildman–Crippen MR) is 75.3 cm³/mol. The Hall–Kier alpha value is -1.38. The number of carbonyl (C=O) groups excluding carboxylic acids is 1. The van der Waals surface area contributed by atoms with Crippen LogP contribution >= 0.6 is 0 Å². The third-order valence-electron chi connectivity index (χ3n) is 3.86. The molecule has 2 unspecified atom stereocenters. The zero-order valence-corrected chi connectivity index (χ0v) is 13.1. The van der Waals surface area contributed by atoms with E-state index in [9.17, 15) is 18.3 Å². The number of sulfonamides is 1. The molecule has 2 rings (SSSR count). The fraction of sp³-hybridized carbons (Fsp3) is 0.615. The fourth-order valence-electron chi connectivity index (χ4n) is 2.43. The molecule has 0 saturated carbocycles. The van der Waals surface area contributed by atoms with E-state index in [0.29, 0.717) is 6.54 Å². The average Bonchev–Trinajstić information content (AvgIpc) is 3.04. The van der Waals surface area contributed by atoms with Crippen molar-refractivity contribution in [3.8, 4) is 0 Å². The Morgan fingerprint density at radius 1 is 1.48 bits per heavy atom. The van der Waals surface area contributed by atoms with Gasteiger partial charge in [-0.15, -0.1) is 0 Å². The van der Waals surface area contributed by atoms with Crippen LogP contribution in [0.2, 0.25) is 0 Å². The maximum atomic E-state index is 12.4. The molecule has 1 fully saturated rings. The maximum Gasteiger partial charge on any atom is 0.289 e. The molecule has 118 valence electrons. The minimum atomic E-state index is -3.70. The highest BCUT2D eigenvalue weighted by molar-refractivity contribution is 7.88. The summed E-state index contributed by atoms with van der Waals surface area (Å²) in [5, 5.41) is 9.12. The van der Waals surface area contributed by atoms with Gasteiger partial charge in [0, 0.05) is 20.6 Å². The molecule has 0 radical (unpaired) electrons. The Morgan fingerprint density at radius 2 is 2.14 bits per heavy atom. The number of hydrogen-bond acceptors (Lipinski definition) is 5. The maximum absolute atomic E-state index is 12.4. The van der Waals surface area contributed by atoms with Gasteiger partial charge in [0.1, 0.15) is 0 Å². The quantitative estimate of drug-likeness (QED) is 0.867. The van der Waals surface area contributed by atoms with Crippen LogP contribution in [-0.2, 0) is 10.0 Å². The first-order valence-corrected chi connectivity index (χ1v) is 8.17. The molecule has 0 aromatic carbocycles. The number of rotatable bonds is 4. The van der Waals surface area contributed by atoms with Crippen molar-refractivity contribution in [3.63, 3.8) is 0 Å². The van der Waals surface area contributed by atoms with Crippen molar-refractivity contribution in [2.45, 2.75) is 24.5 Å². The monoisotopic (exact) mass is 316 g/mol. The highest BCUT2D eigenvalue weighted by Gasteiger charge is 2.36. The molecule has 1 aliphatic heterocycles. The molecule has 2 heterocycles. The normalized spacial score (nSPS) is 23.0. The SMILES string of the molecule is CC1CCN(C(=O)c2ccc(S(=O)(=O)N(C)C)o2)C1CO. The van der Waals surface area contributed by atoms with E-state index >= 15 is 0 Å². The molecule has 1 aromatic heterocycles. The Bertz CT molecular complexity index is 622. The second-order valence-corrected chi connectivity index (χ2v) is 7.50.